The predicted molar refractivity (Wildman–Crippen MR) is 82.4 cm³/mol. The highest BCUT2D eigenvalue weighted by Gasteiger charge is 2.13. The summed E-state index contributed by atoms with van der Waals surface area (Å²) >= 11 is 3.47. The fourth-order valence-corrected chi connectivity index (χ4v) is 2.63. The first-order valence-electron chi connectivity index (χ1n) is 7.08. The average molecular weight is 341 g/mol. The Kier molecular flexibility index (Phi) is 6.50. The highest BCUT2D eigenvalue weighted by Crippen LogP contribution is 2.15. The third-order valence-corrected chi connectivity index (χ3v) is 4.18. The first kappa shape index (κ1) is 15.5. The van der Waals surface area contributed by atoms with Crippen LogP contribution in [0.5, 0.6) is 0 Å². The molecule has 1 saturated heterocycles. The summed E-state index contributed by atoms with van der Waals surface area (Å²) in [5.74, 6) is 0.0367. The second kappa shape index (κ2) is 8.39. The lowest BCUT2D eigenvalue weighted by atomic mass is 10.1. The summed E-state index contributed by atoms with van der Waals surface area (Å²) < 4.78 is 6.74. The van der Waals surface area contributed by atoms with Crippen LogP contribution >= 0.6 is 15.9 Å². The number of benzene rings is 1. The zero-order valence-corrected chi connectivity index (χ0v) is 13.1. The van der Waals surface area contributed by atoms with Crippen molar-refractivity contribution < 1.29 is 9.53 Å². The average Bonchev–Trinajstić information content (AvgIpc) is 2.47. The van der Waals surface area contributed by atoms with Gasteiger partial charge in [-0.3, -0.25) is 4.79 Å². The summed E-state index contributed by atoms with van der Waals surface area (Å²) in [7, 11) is 0. The van der Waals surface area contributed by atoms with E-state index in [4.69, 9.17) is 4.74 Å². The van der Waals surface area contributed by atoms with Gasteiger partial charge < -0.3 is 15.4 Å². The molecule has 1 aliphatic rings. The molecule has 1 fully saturated rings. The van der Waals surface area contributed by atoms with Crippen molar-refractivity contribution >= 4 is 21.8 Å². The molecule has 1 amide bonds. The van der Waals surface area contributed by atoms with Crippen LogP contribution in [0, 0.1) is 0 Å². The summed E-state index contributed by atoms with van der Waals surface area (Å²) in [6, 6.07) is 7.90. The predicted octanol–water partition coefficient (Wildman–Crippen LogP) is 2.22. The van der Waals surface area contributed by atoms with E-state index in [0.29, 0.717) is 25.7 Å². The largest absolute Gasteiger partial charge is 0.378 e. The highest BCUT2D eigenvalue weighted by atomic mass is 79.9. The Morgan fingerprint density at radius 3 is 2.85 bits per heavy atom. The molecule has 2 rings (SSSR count). The number of ether oxygens (including phenoxy) is 1. The van der Waals surface area contributed by atoms with Crippen LogP contribution in [0.1, 0.15) is 24.8 Å². The van der Waals surface area contributed by atoms with Gasteiger partial charge >= 0.3 is 0 Å². The lowest BCUT2D eigenvalue weighted by Gasteiger charge is -2.22. The lowest BCUT2D eigenvalue weighted by molar-refractivity contribution is -0.122. The van der Waals surface area contributed by atoms with Crippen LogP contribution in [-0.4, -0.2) is 31.7 Å². The molecular weight excluding hydrogens is 320 g/mol. The smallest absolute Gasteiger partial charge is 0.222 e. The number of carbonyl (C=O) groups is 1. The number of halogens is 1. The number of hydrogen-bond donors (Lipinski definition) is 2. The molecule has 0 radical (unpaired) electrons. The van der Waals surface area contributed by atoms with E-state index in [2.05, 4.69) is 26.6 Å². The number of nitrogens with one attached hydrogen (secondary N) is 2. The fraction of sp³-hybridized carbons (Fsp3) is 0.533. The lowest BCUT2D eigenvalue weighted by Crippen LogP contribution is -2.33. The Labute approximate surface area is 128 Å². The van der Waals surface area contributed by atoms with E-state index >= 15 is 0 Å². The van der Waals surface area contributed by atoms with Gasteiger partial charge in [0.05, 0.1) is 12.7 Å². The van der Waals surface area contributed by atoms with E-state index in [9.17, 15) is 4.79 Å². The molecule has 0 atom stereocenters. The molecule has 0 bridgehead atoms. The molecule has 0 unspecified atom stereocenters. The number of hydrogen-bond acceptors (Lipinski definition) is 3. The van der Waals surface area contributed by atoms with Gasteiger partial charge in [0, 0.05) is 17.4 Å². The molecule has 0 aromatic heterocycles. The van der Waals surface area contributed by atoms with Gasteiger partial charge in [-0.2, -0.15) is 0 Å². The summed E-state index contributed by atoms with van der Waals surface area (Å²) in [6.07, 6.45) is 2.82. The molecule has 0 spiro atoms. The normalized spacial score (nSPS) is 16.1. The van der Waals surface area contributed by atoms with Crippen LogP contribution in [0.2, 0.25) is 0 Å². The zero-order valence-electron chi connectivity index (χ0n) is 11.5. The molecule has 2 N–H and O–H groups in total. The molecule has 0 saturated carbocycles. The minimum atomic E-state index is 0.0367. The number of carbonyl (C=O) groups excluding carboxylic acids is 1. The summed E-state index contributed by atoms with van der Waals surface area (Å²) in [5, 5.41) is 6.21. The van der Waals surface area contributed by atoms with Gasteiger partial charge in [0.1, 0.15) is 0 Å². The molecule has 20 heavy (non-hydrogen) atoms. The Balaban J connectivity index is 1.62. The SMILES string of the molecule is O=C(CCOC1CCNCC1)NCc1ccccc1Br. The molecule has 1 aliphatic heterocycles. The van der Waals surface area contributed by atoms with Gasteiger partial charge in [-0.15, -0.1) is 0 Å². The van der Waals surface area contributed by atoms with E-state index in [1.165, 1.54) is 0 Å². The highest BCUT2D eigenvalue weighted by molar-refractivity contribution is 9.10. The van der Waals surface area contributed by atoms with Gasteiger partial charge in [-0.05, 0) is 37.6 Å². The third kappa shape index (κ3) is 5.23. The van der Waals surface area contributed by atoms with Gasteiger partial charge in [0.25, 0.3) is 0 Å². The third-order valence-electron chi connectivity index (χ3n) is 3.40. The minimum absolute atomic E-state index is 0.0367. The maximum atomic E-state index is 11.8. The molecule has 4 nitrogen and oxygen atoms in total. The standard InChI is InChI=1S/C15H21BrN2O2/c16-14-4-2-1-3-12(14)11-18-15(19)7-10-20-13-5-8-17-9-6-13/h1-4,13,17H,5-11H2,(H,18,19). The number of amides is 1. The van der Waals surface area contributed by atoms with Gasteiger partial charge in [-0.1, -0.05) is 34.1 Å². The van der Waals surface area contributed by atoms with E-state index in [0.717, 1.165) is 36.0 Å². The quantitative estimate of drug-likeness (QED) is 0.834. The Hall–Kier alpha value is -0.910. The molecule has 1 aromatic rings. The Bertz CT molecular complexity index is 434. The van der Waals surface area contributed by atoms with E-state index < -0.39 is 0 Å². The van der Waals surface area contributed by atoms with Crippen LogP contribution in [0.4, 0.5) is 0 Å². The van der Waals surface area contributed by atoms with Crippen molar-refractivity contribution in [1.29, 1.82) is 0 Å². The van der Waals surface area contributed by atoms with Gasteiger partial charge in [0.15, 0.2) is 0 Å². The number of rotatable bonds is 6. The van der Waals surface area contributed by atoms with E-state index in [1.54, 1.807) is 0 Å². The second-order valence-electron chi connectivity index (χ2n) is 4.94. The molecule has 0 aliphatic carbocycles. The van der Waals surface area contributed by atoms with Crippen molar-refractivity contribution in [3.8, 4) is 0 Å². The van der Waals surface area contributed by atoms with Crippen molar-refractivity contribution in [2.75, 3.05) is 19.7 Å². The van der Waals surface area contributed by atoms with Crippen molar-refractivity contribution in [1.82, 2.24) is 10.6 Å². The molecule has 110 valence electrons. The summed E-state index contributed by atoms with van der Waals surface area (Å²) in [5.41, 5.74) is 1.08. The zero-order chi connectivity index (χ0) is 14.2. The van der Waals surface area contributed by atoms with Gasteiger partial charge in [0.2, 0.25) is 5.91 Å². The fourth-order valence-electron chi connectivity index (χ4n) is 2.20. The first-order valence-corrected chi connectivity index (χ1v) is 7.87. The van der Waals surface area contributed by atoms with Crippen molar-refractivity contribution in [2.24, 2.45) is 0 Å². The maximum absolute atomic E-state index is 11.8. The monoisotopic (exact) mass is 340 g/mol. The molecule has 1 heterocycles. The van der Waals surface area contributed by atoms with Gasteiger partial charge in [-0.25, -0.2) is 0 Å². The molecular formula is C15H21BrN2O2. The van der Waals surface area contributed by atoms with Crippen LogP contribution in [-0.2, 0) is 16.1 Å². The Morgan fingerprint density at radius 1 is 1.35 bits per heavy atom. The minimum Gasteiger partial charge on any atom is -0.378 e. The van der Waals surface area contributed by atoms with E-state index in [-0.39, 0.29) is 5.91 Å². The van der Waals surface area contributed by atoms with Crippen LogP contribution < -0.4 is 10.6 Å². The Morgan fingerprint density at radius 2 is 2.10 bits per heavy atom. The van der Waals surface area contributed by atoms with E-state index in [1.807, 2.05) is 24.3 Å². The second-order valence-corrected chi connectivity index (χ2v) is 5.79. The van der Waals surface area contributed by atoms with Crippen LogP contribution in [0.3, 0.4) is 0 Å². The van der Waals surface area contributed by atoms with Crippen molar-refractivity contribution in [2.45, 2.75) is 31.9 Å². The maximum Gasteiger partial charge on any atom is 0.222 e. The van der Waals surface area contributed by atoms with Crippen LogP contribution in [0.15, 0.2) is 28.7 Å². The van der Waals surface area contributed by atoms with Crippen molar-refractivity contribution in [3.05, 3.63) is 34.3 Å². The number of piperidine rings is 1. The summed E-state index contributed by atoms with van der Waals surface area (Å²) in [6.45, 7) is 3.08. The molecule has 5 heteroatoms. The summed E-state index contributed by atoms with van der Waals surface area (Å²) in [4.78, 5) is 11.8. The topological polar surface area (TPSA) is 50.4 Å². The first-order chi connectivity index (χ1) is 9.75. The van der Waals surface area contributed by atoms with Crippen LogP contribution in [0.25, 0.3) is 0 Å². The molecule has 1 aromatic carbocycles. The van der Waals surface area contributed by atoms with Crippen molar-refractivity contribution in [3.63, 3.8) is 0 Å².